The molecule has 0 radical (unpaired) electrons. The van der Waals surface area contributed by atoms with Gasteiger partial charge in [0.15, 0.2) is 5.76 Å². The second-order valence-electron chi connectivity index (χ2n) is 4.57. The van der Waals surface area contributed by atoms with Crippen LogP contribution in [0.1, 0.15) is 0 Å². The molecule has 0 aliphatic heterocycles. The topological polar surface area (TPSA) is 72.3 Å². The third kappa shape index (κ3) is 1.87. The lowest BCUT2D eigenvalue weighted by Gasteiger charge is -2.04. The second kappa shape index (κ2) is 4.49. The number of fused-ring (bicyclic) bond motifs is 1. The predicted molar refractivity (Wildman–Crippen MR) is 76.6 cm³/mol. The Kier molecular flexibility index (Phi) is 2.50. The van der Waals surface area contributed by atoms with E-state index < -0.39 is 0 Å². The van der Waals surface area contributed by atoms with Crippen molar-refractivity contribution in [2.45, 2.75) is 0 Å². The van der Waals surface area contributed by atoms with Crippen molar-refractivity contribution in [1.82, 2.24) is 10.2 Å². The summed E-state index contributed by atoms with van der Waals surface area (Å²) in [6.45, 7) is 0. The lowest BCUT2D eigenvalue weighted by Crippen LogP contribution is -1.83. The van der Waals surface area contributed by atoms with Crippen molar-refractivity contribution >= 4 is 10.8 Å². The van der Waals surface area contributed by atoms with Crippen LogP contribution in [-0.2, 0) is 0 Å². The quantitative estimate of drug-likeness (QED) is 0.602. The maximum Gasteiger partial charge on any atom is 0.283 e. The molecule has 0 spiro atoms. The summed E-state index contributed by atoms with van der Waals surface area (Å²) in [6.07, 6.45) is 1.54. The zero-order chi connectivity index (χ0) is 14.2. The number of rotatable bonds is 2. The highest BCUT2D eigenvalue weighted by Crippen LogP contribution is 2.36. The fourth-order valence-corrected chi connectivity index (χ4v) is 2.31. The van der Waals surface area contributed by atoms with Gasteiger partial charge in [0.25, 0.3) is 11.8 Å². The van der Waals surface area contributed by atoms with Crippen LogP contribution in [0.25, 0.3) is 33.9 Å². The average Bonchev–Trinajstić information content (AvgIpc) is 3.18. The molecule has 0 aliphatic rings. The number of hydrogen-bond donors (Lipinski definition) is 1. The zero-order valence-electron chi connectivity index (χ0n) is 10.9. The molecule has 0 unspecified atom stereocenters. The Labute approximate surface area is 119 Å². The first-order chi connectivity index (χ1) is 10.3. The van der Waals surface area contributed by atoms with Crippen molar-refractivity contribution in [2.75, 3.05) is 0 Å². The smallest absolute Gasteiger partial charge is 0.283 e. The molecule has 2 heterocycles. The van der Waals surface area contributed by atoms with Crippen molar-refractivity contribution in [3.63, 3.8) is 0 Å². The number of aromatic hydroxyl groups is 1. The van der Waals surface area contributed by atoms with Crippen molar-refractivity contribution in [2.24, 2.45) is 0 Å². The number of phenols is 1. The summed E-state index contributed by atoms with van der Waals surface area (Å²) < 4.78 is 10.9. The summed E-state index contributed by atoms with van der Waals surface area (Å²) in [5.74, 6) is 1.13. The lowest BCUT2D eigenvalue weighted by molar-refractivity contribution is 0.473. The van der Waals surface area contributed by atoms with E-state index in [4.69, 9.17) is 8.83 Å². The second-order valence-corrected chi connectivity index (χ2v) is 4.57. The summed E-state index contributed by atoms with van der Waals surface area (Å²) in [4.78, 5) is 0. The van der Waals surface area contributed by atoms with Gasteiger partial charge >= 0.3 is 0 Å². The van der Waals surface area contributed by atoms with Crippen LogP contribution >= 0.6 is 0 Å². The van der Waals surface area contributed by atoms with Crippen molar-refractivity contribution in [3.05, 3.63) is 54.8 Å². The fourth-order valence-electron chi connectivity index (χ4n) is 2.31. The average molecular weight is 278 g/mol. The van der Waals surface area contributed by atoms with Gasteiger partial charge in [-0.2, -0.15) is 0 Å². The Morgan fingerprint density at radius 3 is 2.57 bits per heavy atom. The molecule has 2 aromatic carbocycles. The van der Waals surface area contributed by atoms with Gasteiger partial charge in [0.1, 0.15) is 5.75 Å². The molecular formula is C16H10N2O3. The van der Waals surface area contributed by atoms with E-state index in [1.807, 2.05) is 30.3 Å². The standard InChI is InChI=1S/C16H10N2O3/c19-12-8-7-10-4-1-2-5-11(10)14(12)16-18-17-15(21-16)13-6-3-9-20-13/h1-9,19H. The molecule has 0 amide bonds. The minimum atomic E-state index is 0.100. The minimum Gasteiger partial charge on any atom is -0.507 e. The van der Waals surface area contributed by atoms with Gasteiger partial charge in [-0.1, -0.05) is 30.3 Å². The molecule has 0 bridgehead atoms. The largest absolute Gasteiger partial charge is 0.507 e. The highest BCUT2D eigenvalue weighted by molar-refractivity contribution is 5.97. The Morgan fingerprint density at radius 1 is 0.857 bits per heavy atom. The number of phenolic OH excluding ortho intramolecular Hbond substituents is 1. The van der Waals surface area contributed by atoms with E-state index in [0.717, 1.165) is 10.8 Å². The molecule has 0 atom stereocenters. The Balaban J connectivity index is 1.93. The van der Waals surface area contributed by atoms with E-state index in [9.17, 15) is 5.11 Å². The Hall–Kier alpha value is -3.08. The normalized spacial score (nSPS) is 11.0. The number of nitrogens with zero attached hydrogens (tertiary/aromatic N) is 2. The van der Waals surface area contributed by atoms with Crippen LogP contribution in [0, 0.1) is 0 Å². The monoisotopic (exact) mass is 278 g/mol. The summed E-state index contributed by atoms with van der Waals surface area (Å²) in [5, 5.41) is 20.0. The van der Waals surface area contributed by atoms with Gasteiger partial charge in [-0.15, -0.1) is 10.2 Å². The molecule has 2 aromatic heterocycles. The first-order valence-corrected chi connectivity index (χ1v) is 6.41. The molecule has 5 heteroatoms. The zero-order valence-corrected chi connectivity index (χ0v) is 10.9. The first kappa shape index (κ1) is 11.7. The van der Waals surface area contributed by atoms with Crippen LogP contribution < -0.4 is 0 Å². The van der Waals surface area contributed by atoms with Crippen LogP contribution in [0.4, 0.5) is 0 Å². The van der Waals surface area contributed by atoms with Gasteiger partial charge in [0, 0.05) is 0 Å². The highest BCUT2D eigenvalue weighted by Gasteiger charge is 2.17. The van der Waals surface area contributed by atoms with Gasteiger partial charge in [0.05, 0.1) is 11.8 Å². The molecule has 4 rings (SSSR count). The molecule has 0 fully saturated rings. The molecule has 1 N–H and O–H groups in total. The predicted octanol–water partition coefficient (Wildman–Crippen LogP) is 3.86. The van der Waals surface area contributed by atoms with E-state index in [0.29, 0.717) is 11.3 Å². The molecule has 102 valence electrons. The van der Waals surface area contributed by atoms with Crippen molar-refractivity contribution in [1.29, 1.82) is 0 Å². The van der Waals surface area contributed by atoms with Gasteiger partial charge in [-0.3, -0.25) is 0 Å². The first-order valence-electron chi connectivity index (χ1n) is 6.41. The van der Waals surface area contributed by atoms with Crippen LogP contribution in [0.2, 0.25) is 0 Å². The SMILES string of the molecule is Oc1ccc2ccccc2c1-c1nnc(-c2ccco2)o1. The Bertz CT molecular complexity index is 910. The summed E-state index contributed by atoms with van der Waals surface area (Å²) in [6, 6.07) is 14.6. The molecule has 21 heavy (non-hydrogen) atoms. The highest BCUT2D eigenvalue weighted by atomic mass is 16.4. The summed E-state index contributed by atoms with van der Waals surface area (Å²) >= 11 is 0. The van der Waals surface area contributed by atoms with Crippen LogP contribution in [0.5, 0.6) is 5.75 Å². The van der Waals surface area contributed by atoms with Crippen LogP contribution in [0.3, 0.4) is 0 Å². The van der Waals surface area contributed by atoms with Gasteiger partial charge in [0.2, 0.25) is 0 Å². The maximum absolute atomic E-state index is 10.2. The summed E-state index contributed by atoms with van der Waals surface area (Å²) in [7, 11) is 0. The van der Waals surface area contributed by atoms with Gasteiger partial charge in [-0.05, 0) is 29.0 Å². The lowest BCUT2D eigenvalue weighted by atomic mass is 10.0. The van der Waals surface area contributed by atoms with Gasteiger partial charge in [-0.25, -0.2) is 0 Å². The molecule has 0 saturated heterocycles. The molecule has 5 nitrogen and oxygen atoms in total. The third-order valence-electron chi connectivity index (χ3n) is 3.28. The summed E-state index contributed by atoms with van der Waals surface area (Å²) in [5.41, 5.74) is 0.526. The Morgan fingerprint density at radius 2 is 1.71 bits per heavy atom. The fraction of sp³-hybridized carbons (Fsp3) is 0. The number of furan rings is 1. The van der Waals surface area contributed by atoms with Gasteiger partial charge < -0.3 is 13.9 Å². The number of hydrogen-bond acceptors (Lipinski definition) is 5. The maximum atomic E-state index is 10.2. The third-order valence-corrected chi connectivity index (χ3v) is 3.28. The molecule has 4 aromatic rings. The van der Waals surface area contributed by atoms with Crippen molar-refractivity contribution < 1.29 is 13.9 Å². The number of benzene rings is 2. The van der Waals surface area contributed by atoms with E-state index in [-0.39, 0.29) is 17.5 Å². The van der Waals surface area contributed by atoms with Crippen molar-refractivity contribution in [3.8, 4) is 28.9 Å². The van der Waals surface area contributed by atoms with Crippen LogP contribution in [-0.4, -0.2) is 15.3 Å². The number of aromatic nitrogens is 2. The minimum absolute atomic E-state index is 0.100. The van der Waals surface area contributed by atoms with E-state index in [1.165, 1.54) is 6.26 Å². The van der Waals surface area contributed by atoms with E-state index >= 15 is 0 Å². The molecule has 0 aliphatic carbocycles. The van der Waals surface area contributed by atoms with E-state index in [1.54, 1.807) is 18.2 Å². The van der Waals surface area contributed by atoms with Crippen LogP contribution in [0.15, 0.2) is 63.6 Å². The van der Waals surface area contributed by atoms with E-state index in [2.05, 4.69) is 10.2 Å². The molecular weight excluding hydrogens is 268 g/mol. The molecule has 0 saturated carbocycles.